The minimum Gasteiger partial charge on any atom is -0.373 e. The zero-order chi connectivity index (χ0) is 20.1. The molecule has 1 atom stereocenters. The number of nitrogens with zero attached hydrogens (tertiary/aromatic N) is 4. The number of pyridine rings is 1. The number of anilines is 1. The van der Waals surface area contributed by atoms with Crippen molar-refractivity contribution in [2.75, 3.05) is 26.0 Å². The predicted octanol–water partition coefficient (Wildman–Crippen LogP) is 3.64. The van der Waals surface area contributed by atoms with Crippen molar-refractivity contribution in [2.24, 2.45) is 0 Å². The largest absolute Gasteiger partial charge is 0.373 e. The van der Waals surface area contributed by atoms with Crippen molar-refractivity contribution in [3.05, 3.63) is 71.8 Å². The molecule has 4 rings (SSSR count). The van der Waals surface area contributed by atoms with Crippen LogP contribution in [-0.4, -0.2) is 40.5 Å². The van der Waals surface area contributed by atoms with E-state index < -0.39 is 0 Å². The van der Waals surface area contributed by atoms with Gasteiger partial charge in [0, 0.05) is 38.0 Å². The number of rotatable bonds is 7. The van der Waals surface area contributed by atoms with E-state index in [4.69, 9.17) is 4.98 Å². The second kappa shape index (κ2) is 9.11. The van der Waals surface area contributed by atoms with Gasteiger partial charge in [0.2, 0.25) is 0 Å². The van der Waals surface area contributed by atoms with Gasteiger partial charge in [0.15, 0.2) is 0 Å². The minimum absolute atomic E-state index is 0.270. The van der Waals surface area contributed by atoms with Gasteiger partial charge >= 0.3 is 0 Å². The van der Waals surface area contributed by atoms with Crippen molar-refractivity contribution in [2.45, 2.75) is 32.0 Å². The Hall–Kier alpha value is -2.83. The fourth-order valence-electron chi connectivity index (χ4n) is 3.75. The van der Waals surface area contributed by atoms with Gasteiger partial charge < -0.3 is 10.6 Å². The molecule has 3 heterocycles. The molecule has 0 amide bonds. The maximum Gasteiger partial charge on any atom is 0.147 e. The first-order valence-electron chi connectivity index (χ1n) is 10.2. The Morgan fingerprint density at radius 1 is 1.10 bits per heavy atom. The lowest BCUT2D eigenvalue weighted by atomic mass is 10.1. The highest BCUT2D eigenvalue weighted by molar-refractivity contribution is 5.58. The molecule has 1 saturated heterocycles. The van der Waals surface area contributed by atoms with Crippen LogP contribution in [0.4, 0.5) is 5.82 Å². The molecule has 0 radical (unpaired) electrons. The molecule has 0 aliphatic carbocycles. The molecule has 3 aromatic rings. The molecular formula is C23H28N6. The van der Waals surface area contributed by atoms with E-state index >= 15 is 0 Å². The van der Waals surface area contributed by atoms with Crippen molar-refractivity contribution >= 4 is 5.82 Å². The van der Waals surface area contributed by atoms with Crippen LogP contribution in [-0.2, 0) is 13.1 Å². The Balaban J connectivity index is 1.42. The molecule has 0 saturated carbocycles. The first kappa shape index (κ1) is 19.5. The van der Waals surface area contributed by atoms with E-state index in [1.165, 1.54) is 12.0 Å². The average molecular weight is 389 g/mol. The van der Waals surface area contributed by atoms with Crippen molar-refractivity contribution in [1.82, 2.24) is 25.2 Å². The fraction of sp³-hybridized carbons (Fsp3) is 0.348. The highest BCUT2D eigenvalue weighted by atomic mass is 15.1. The number of hydrogen-bond acceptors (Lipinski definition) is 6. The van der Waals surface area contributed by atoms with E-state index in [0.717, 1.165) is 54.6 Å². The van der Waals surface area contributed by atoms with Crippen molar-refractivity contribution in [3.8, 4) is 11.3 Å². The van der Waals surface area contributed by atoms with Gasteiger partial charge in [-0.2, -0.15) is 0 Å². The minimum atomic E-state index is 0.270. The van der Waals surface area contributed by atoms with Crippen molar-refractivity contribution in [3.63, 3.8) is 0 Å². The van der Waals surface area contributed by atoms with Crippen LogP contribution in [0.5, 0.6) is 0 Å². The molecule has 0 unspecified atom stereocenters. The summed E-state index contributed by atoms with van der Waals surface area (Å²) in [6.07, 6.45) is 4.11. The highest BCUT2D eigenvalue weighted by Gasteiger charge is 2.20. The standard InChI is InChI=1S/C23H28N6/c1-24-22-14-19(27-23(28-22)21-7-5-13-26-21)16-29(2)15-17-8-10-18(11-9-17)20-6-3-4-12-25-20/h3-4,6,8-12,14,21,26H,5,7,13,15-16H2,1-2H3,(H,24,27,28)/t21-/m1/s1. The zero-order valence-electron chi connectivity index (χ0n) is 17.1. The molecule has 1 aromatic carbocycles. The molecule has 1 fully saturated rings. The van der Waals surface area contributed by atoms with Gasteiger partial charge in [-0.15, -0.1) is 0 Å². The summed E-state index contributed by atoms with van der Waals surface area (Å²) in [6, 6.07) is 16.9. The van der Waals surface area contributed by atoms with E-state index in [2.05, 4.69) is 56.8 Å². The second-order valence-electron chi connectivity index (χ2n) is 7.59. The molecule has 1 aliphatic heterocycles. The predicted molar refractivity (Wildman–Crippen MR) is 116 cm³/mol. The third kappa shape index (κ3) is 4.96. The second-order valence-corrected chi connectivity index (χ2v) is 7.59. The van der Waals surface area contributed by atoms with Crippen LogP contribution < -0.4 is 10.6 Å². The summed E-state index contributed by atoms with van der Waals surface area (Å²) in [5.74, 6) is 1.78. The van der Waals surface area contributed by atoms with Crippen LogP contribution in [0, 0.1) is 0 Å². The van der Waals surface area contributed by atoms with Crippen LogP contribution in [0.3, 0.4) is 0 Å². The van der Waals surface area contributed by atoms with Gasteiger partial charge in [0.05, 0.1) is 17.4 Å². The van der Waals surface area contributed by atoms with E-state index in [1.807, 2.05) is 37.5 Å². The summed E-state index contributed by atoms with van der Waals surface area (Å²) in [4.78, 5) is 16.2. The maximum absolute atomic E-state index is 4.84. The fourth-order valence-corrected chi connectivity index (χ4v) is 3.75. The zero-order valence-corrected chi connectivity index (χ0v) is 17.1. The molecule has 1 aliphatic rings. The van der Waals surface area contributed by atoms with E-state index in [9.17, 15) is 0 Å². The van der Waals surface area contributed by atoms with Crippen LogP contribution >= 0.6 is 0 Å². The van der Waals surface area contributed by atoms with Crippen molar-refractivity contribution in [1.29, 1.82) is 0 Å². The van der Waals surface area contributed by atoms with E-state index in [-0.39, 0.29) is 6.04 Å². The Bertz CT molecular complexity index is 920. The van der Waals surface area contributed by atoms with Crippen LogP contribution in [0.1, 0.15) is 36.0 Å². The smallest absolute Gasteiger partial charge is 0.147 e. The normalized spacial score (nSPS) is 16.3. The molecule has 0 bridgehead atoms. The van der Waals surface area contributed by atoms with E-state index in [1.54, 1.807) is 0 Å². The van der Waals surface area contributed by atoms with Crippen LogP contribution in [0.2, 0.25) is 0 Å². The molecule has 0 spiro atoms. The van der Waals surface area contributed by atoms with Gasteiger partial charge in [0.25, 0.3) is 0 Å². The van der Waals surface area contributed by atoms with Gasteiger partial charge in [-0.3, -0.25) is 9.88 Å². The number of hydrogen-bond donors (Lipinski definition) is 2. The quantitative estimate of drug-likeness (QED) is 0.644. The summed E-state index contributed by atoms with van der Waals surface area (Å²) < 4.78 is 0. The average Bonchev–Trinajstić information content (AvgIpc) is 3.29. The SMILES string of the molecule is CNc1cc(CN(C)Cc2ccc(-c3ccccn3)cc2)nc([C@H]2CCCN2)n1. The summed E-state index contributed by atoms with van der Waals surface area (Å²) in [7, 11) is 4.03. The number of benzene rings is 1. The lowest BCUT2D eigenvalue weighted by Crippen LogP contribution is -2.21. The highest BCUT2D eigenvalue weighted by Crippen LogP contribution is 2.22. The van der Waals surface area contributed by atoms with Gasteiger partial charge in [-0.25, -0.2) is 9.97 Å². The van der Waals surface area contributed by atoms with Crippen LogP contribution in [0.15, 0.2) is 54.7 Å². The van der Waals surface area contributed by atoms with Gasteiger partial charge in [0.1, 0.15) is 11.6 Å². The number of nitrogens with one attached hydrogen (secondary N) is 2. The Morgan fingerprint density at radius 2 is 1.97 bits per heavy atom. The van der Waals surface area contributed by atoms with Crippen LogP contribution in [0.25, 0.3) is 11.3 Å². The Kier molecular flexibility index (Phi) is 6.12. The Labute approximate surface area is 172 Å². The van der Waals surface area contributed by atoms with Crippen molar-refractivity contribution < 1.29 is 0 Å². The monoisotopic (exact) mass is 388 g/mol. The lowest BCUT2D eigenvalue weighted by Gasteiger charge is -2.18. The molecule has 29 heavy (non-hydrogen) atoms. The summed E-state index contributed by atoms with van der Waals surface area (Å²) >= 11 is 0. The number of aromatic nitrogens is 3. The van der Waals surface area contributed by atoms with E-state index in [0.29, 0.717) is 0 Å². The van der Waals surface area contributed by atoms with Gasteiger partial charge in [-0.05, 0) is 44.1 Å². The molecule has 150 valence electrons. The first-order valence-corrected chi connectivity index (χ1v) is 10.2. The third-order valence-electron chi connectivity index (χ3n) is 5.22. The molecule has 2 N–H and O–H groups in total. The lowest BCUT2D eigenvalue weighted by molar-refractivity contribution is 0.314. The summed E-state index contributed by atoms with van der Waals surface area (Å²) in [6.45, 7) is 2.68. The molecular weight excluding hydrogens is 360 g/mol. The van der Waals surface area contributed by atoms with Gasteiger partial charge in [-0.1, -0.05) is 30.3 Å². The first-order chi connectivity index (χ1) is 14.2. The topological polar surface area (TPSA) is 66.0 Å². The Morgan fingerprint density at radius 3 is 2.66 bits per heavy atom. The molecule has 6 nitrogen and oxygen atoms in total. The summed E-state index contributed by atoms with van der Waals surface area (Å²) in [5.41, 5.74) is 4.45. The molecule has 6 heteroatoms. The summed E-state index contributed by atoms with van der Waals surface area (Å²) in [5, 5.41) is 6.66. The maximum atomic E-state index is 4.84. The molecule has 2 aromatic heterocycles. The third-order valence-corrected chi connectivity index (χ3v) is 5.22.